The molecule has 174 valence electrons. The summed E-state index contributed by atoms with van der Waals surface area (Å²) in [6.45, 7) is 3.78. The molecule has 1 aliphatic heterocycles. The zero-order valence-electron chi connectivity index (χ0n) is 18.5. The van der Waals surface area contributed by atoms with Crippen molar-refractivity contribution in [3.8, 4) is 5.75 Å². The summed E-state index contributed by atoms with van der Waals surface area (Å²) in [4.78, 5) is 27.7. The van der Waals surface area contributed by atoms with E-state index in [1.807, 2.05) is 19.9 Å². The number of nitrogens with zero attached hydrogens (tertiary/aromatic N) is 1. The standard InChI is InChI=1S/C26H20Cl2FNO4/c1-13-8-9-16(10-14(13)2)30-22(17-6-4-5-7-20(17)29)21(24(32)26(30)33)23(31)18-11-15(27)12-19(28)25(18)34-3/h4-12,22,31H,1-3H3/b23-21+. The number of anilines is 1. The minimum Gasteiger partial charge on any atom is -0.507 e. The van der Waals surface area contributed by atoms with Crippen molar-refractivity contribution in [2.45, 2.75) is 19.9 Å². The average Bonchev–Trinajstić information content (AvgIpc) is 3.05. The van der Waals surface area contributed by atoms with Crippen molar-refractivity contribution in [3.05, 3.63) is 98.3 Å². The first-order valence-electron chi connectivity index (χ1n) is 10.3. The van der Waals surface area contributed by atoms with Crippen LogP contribution in [0.15, 0.2) is 60.2 Å². The number of aliphatic hydroxyl groups excluding tert-OH is 1. The zero-order valence-corrected chi connectivity index (χ0v) is 20.0. The van der Waals surface area contributed by atoms with E-state index < -0.39 is 29.3 Å². The molecule has 1 saturated heterocycles. The number of amides is 1. The van der Waals surface area contributed by atoms with Crippen molar-refractivity contribution in [2.24, 2.45) is 0 Å². The van der Waals surface area contributed by atoms with Gasteiger partial charge in [0.05, 0.1) is 29.3 Å². The Morgan fingerprint density at radius 3 is 2.38 bits per heavy atom. The maximum Gasteiger partial charge on any atom is 0.300 e. The highest BCUT2D eigenvalue weighted by atomic mass is 35.5. The molecule has 34 heavy (non-hydrogen) atoms. The number of methoxy groups -OCH3 is 1. The molecule has 1 aliphatic rings. The summed E-state index contributed by atoms with van der Waals surface area (Å²) >= 11 is 12.4. The molecule has 3 aromatic rings. The molecular weight excluding hydrogens is 480 g/mol. The van der Waals surface area contributed by atoms with Gasteiger partial charge in [-0.1, -0.05) is 47.5 Å². The molecule has 4 rings (SSSR count). The molecule has 1 atom stereocenters. The highest BCUT2D eigenvalue weighted by Gasteiger charge is 2.48. The quantitative estimate of drug-likeness (QED) is 0.256. The number of aryl methyl sites for hydroxylation is 2. The number of ether oxygens (including phenoxy) is 1. The van der Waals surface area contributed by atoms with Crippen LogP contribution in [0, 0.1) is 19.7 Å². The number of carbonyl (C=O) groups is 2. The van der Waals surface area contributed by atoms with Gasteiger partial charge in [0.15, 0.2) is 0 Å². The molecular formula is C26H20Cl2FNO4. The number of benzene rings is 3. The molecule has 3 aromatic carbocycles. The lowest BCUT2D eigenvalue weighted by Gasteiger charge is -2.26. The van der Waals surface area contributed by atoms with Crippen LogP contribution >= 0.6 is 23.2 Å². The van der Waals surface area contributed by atoms with Gasteiger partial charge in [-0.25, -0.2) is 4.39 Å². The van der Waals surface area contributed by atoms with Crippen LogP contribution in [-0.2, 0) is 9.59 Å². The van der Waals surface area contributed by atoms with E-state index >= 15 is 4.39 Å². The number of hydrogen-bond donors (Lipinski definition) is 1. The molecule has 1 N–H and O–H groups in total. The topological polar surface area (TPSA) is 66.8 Å². The van der Waals surface area contributed by atoms with E-state index in [4.69, 9.17) is 27.9 Å². The minimum atomic E-state index is -1.23. The molecule has 1 heterocycles. The maximum absolute atomic E-state index is 15.0. The maximum atomic E-state index is 15.0. The van der Waals surface area contributed by atoms with E-state index in [9.17, 15) is 14.7 Å². The second kappa shape index (κ2) is 9.12. The van der Waals surface area contributed by atoms with Gasteiger partial charge in [0.25, 0.3) is 11.7 Å². The number of halogens is 3. The molecule has 8 heteroatoms. The Kier molecular flexibility index (Phi) is 6.39. The summed E-state index contributed by atoms with van der Waals surface area (Å²) in [5, 5.41) is 11.6. The predicted molar refractivity (Wildman–Crippen MR) is 130 cm³/mol. The van der Waals surface area contributed by atoms with Crippen LogP contribution in [0.4, 0.5) is 10.1 Å². The largest absolute Gasteiger partial charge is 0.507 e. The number of ketones is 1. The van der Waals surface area contributed by atoms with Gasteiger partial charge in [-0.2, -0.15) is 0 Å². The van der Waals surface area contributed by atoms with E-state index in [1.165, 1.54) is 42.3 Å². The Labute approximate surface area is 206 Å². The normalized spacial score (nSPS) is 17.4. The van der Waals surface area contributed by atoms with Gasteiger partial charge in [-0.05, 0) is 55.3 Å². The number of hydrogen-bond acceptors (Lipinski definition) is 4. The molecule has 0 aliphatic carbocycles. The first-order chi connectivity index (χ1) is 16.1. The minimum absolute atomic E-state index is 0.0134. The smallest absolute Gasteiger partial charge is 0.300 e. The summed E-state index contributed by atoms with van der Waals surface area (Å²) in [5.41, 5.74) is 2.03. The van der Waals surface area contributed by atoms with Crippen LogP contribution in [0.3, 0.4) is 0 Å². The monoisotopic (exact) mass is 499 g/mol. The number of Topliss-reactive ketones (excluding diaryl/α,β-unsaturated/α-hetero) is 1. The summed E-state index contributed by atoms with van der Waals surface area (Å²) in [7, 11) is 1.34. The van der Waals surface area contributed by atoms with Crippen molar-refractivity contribution < 1.29 is 23.8 Å². The van der Waals surface area contributed by atoms with Gasteiger partial charge in [0, 0.05) is 16.3 Å². The third-order valence-corrected chi connectivity index (χ3v) is 6.38. The third kappa shape index (κ3) is 3.93. The summed E-state index contributed by atoms with van der Waals surface area (Å²) in [6.07, 6.45) is 0. The number of carbonyl (C=O) groups excluding carboxylic acids is 2. The molecule has 1 unspecified atom stereocenters. The number of aliphatic hydroxyl groups is 1. The molecule has 0 aromatic heterocycles. The summed E-state index contributed by atoms with van der Waals surface area (Å²) in [6, 6.07) is 12.6. The van der Waals surface area contributed by atoms with E-state index in [-0.39, 0.29) is 32.5 Å². The highest BCUT2D eigenvalue weighted by Crippen LogP contribution is 2.45. The molecule has 0 radical (unpaired) electrons. The fraction of sp³-hybridized carbons (Fsp3) is 0.154. The van der Waals surface area contributed by atoms with Crippen molar-refractivity contribution >= 4 is 46.3 Å². The molecule has 5 nitrogen and oxygen atoms in total. The lowest BCUT2D eigenvalue weighted by Crippen LogP contribution is -2.30. The number of rotatable bonds is 4. The third-order valence-electron chi connectivity index (χ3n) is 5.88. The van der Waals surface area contributed by atoms with E-state index in [0.29, 0.717) is 5.69 Å². The molecule has 0 spiro atoms. The van der Waals surface area contributed by atoms with Gasteiger partial charge in [0.1, 0.15) is 17.3 Å². The van der Waals surface area contributed by atoms with Gasteiger partial charge in [-0.15, -0.1) is 0 Å². The van der Waals surface area contributed by atoms with E-state index in [1.54, 1.807) is 18.2 Å². The van der Waals surface area contributed by atoms with Crippen LogP contribution < -0.4 is 9.64 Å². The Bertz CT molecular complexity index is 1370. The van der Waals surface area contributed by atoms with Crippen LogP contribution in [0.5, 0.6) is 5.75 Å². The average molecular weight is 500 g/mol. The first kappa shape index (κ1) is 23.8. The van der Waals surface area contributed by atoms with Gasteiger partial charge < -0.3 is 9.84 Å². The van der Waals surface area contributed by atoms with Gasteiger partial charge >= 0.3 is 0 Å². The van der Waals surface area contributed by atoms with Gasteiger partial charge in [0.2, 0.25) is 0 Å². The fourth-order valence-corrected chi connectivity index (χ4v) is 4.62. The highest BCUT2D eigenvalue weighted by molar-refractivity contribution is 6.52. The van der Waals surface area contributed by atoms with Crippen LogP contribution in [0.25, 0.3) is 5.76 Å². The van der Waals surface area contributed by atoms with Crippen molar-refractivity contribution in [1.82, 2.24) is 0 Å². The zero-order chi connectivity index (χ0) is 24.7. The van der Waals surface area contributed by atoms with Crippen molar-refractivity contribution in [3.63, 3.8) is 0 Å². The van der Waals surface area contributed by atoms with Crippen LogP contribution in [0.1, 0.15) is 28.3 Å². The van der Waals surface area contributed by atoms with Gasteiger partial charge in [-0.3, -0.25) is 14.5 Å². The van der Waals surface area contributed by atoms with E-state index in [0.717, 1.165) is 11.1 Å². The van der Waals surface area contributed by atoms with Crippen LogP contribution in [0.2, 0.25) is 10.0 Å². The Balaban J connectivity index is 2.04. The SMILES string of the molecule is COc1c(Cl)cc(Cl)cc1/C(O)=C1\C(=O)C(=O)N(c2ccc(C)c(C)c2)C1c1ccccc1F. The van der Waals surface area contributed by atoms with Crippen molar-refractivity contribution in [2.75, 3.05) is 12.0 Å². The Morgan fingerprint density at radius 1 is 1.03 bits per heavy atom. The predicted octanol–water partition coefficient (Wildman–Crippen LogP) is 6.38. The molecule has 0 saturated carbocycles. The second-order valence-electron chi connectivity index (χ2n) is 7.93. The van der Waals surface area contributed by atoms with Crippen LogP contribution in [-0.4, -0.2) is 23.9 Å². The summed E-state index contributed by atoms with van der Waals surface area (Å²) < 4.78 is 20.3. The first-order valence-corrected chi connectivity index (χ1v) is 11.1. The Morgan fingerprint density at radius 2 is 1.74 bits per heavy atom. The van der Waals surface area contributed by atoms with E-state index in [2.05, 4.69) is 0 Å². The van der Waals surface area contributed by atoms with Crippen molar-refractivity contribution in [1.29, 1.82) is 0 Å². The molecule has 0 bridgehead atoms. The molecule has 1 amide bonds. The lowest BCUT2D eigenvalue weighted by molar-refractivity contribution is -0.132. The summed E-state index contributed by atoms with van der Waals surface area (Å²) in [5.74, 6) is -3.01. The Hall–Kier alpha value is -3.35. The lowest BCUT2D eigenvalue weighted by atomic mass is 9.94. The molecule has 1 fully saturated rings. The fourth-order valence-electron chi connectivity index (χ4n) is 4.05. The second-order valence-corrected chi connectivity index (χ2v) is 8.77.